The summed E-state index contributed by atoms with van der Waals surface area (Å²) in [5, 5.41) is 11.7. The number of rotatable bonds is 8. The molecular formula is C29H33ClFN5O7S. The number of alkyl carbamates (subject to hydrolysis) is 1. The van der Waals surface area contributed by atoms with Crippen molar-refractivity contribution in [2.45, 2.75) is 78.0 Å². The number of nitrogens with zero attached hydrogens (tertiary/aromatic N) is 4. The minimum atomic E-state index is -4.59. The molecule has 4 aromatic rings. The largest absolute Gasteiger partial charge is 0.467 e. The first-order valence-corrected chi connectivity index (χ1v) is 15.3. The van der Waals surface area contributed by atoms with Gasteiger partial charge < -0.3 is 19.6 Å². The number of ether oxygens (including phenoxy) is 1. The van der Waals surface area contributed by atoms with Gasteiger partial charge in [0.1, 0.15) is 11.4 Å². The topological polar surface area (TPSA) is 157 Å². The van der Waals surface area contributed by atoms with Crippen molar-refractivity contribution in [2.75, 3.05) is 4.90 Å². The summed E-state index contributed by atoms with van der Waals surface area (Å²) in [6, 6.07) is 5.57. The van der Waals surface area contributed by atoms with Crippen LogP contribution in [-0.4, -0.2) is 51.3 Å². The van der Waals surface area contributed by atoms with Crippen molar-refractivity contribution in [1.82, 2.24) is 19.3 Å². The first-order chi connectivity index (χ1) is 20.4. The Bertz CT molecular complexity index is 1830. The van der Waals surface area contributed by atoms with E-state index in [1.807, 2.05) is 6.92 Å². The predicted molar refractivity (Wildman–Crippen MR) is 161 cm³/mol. The number of carboxylic acid groups (broad SMARTS) is 1. The second-order valence-corrected chi connectivity index (χ2v) is 13.5. The fraction of sp³-hybridized carbons (Fsp3) is 0.379. The average Bonchev–Trinajstić information content (AvgIpc) is 3.46. The van der Waals surface area contributed by atoms with Crippen LogP contribution in [0.1, 0.15) is 55.8 Å². The maximum absolute atomic E-state index is 16.7. The van der Waals surface area contributed by atoms with Crippen LogP contribution in [0.15, 0.2) is 39.8 Å². The fourth-order valence-electron chi connectivity index (χ4n) is 5.05. The first-order valence-electron chi connectivity index (χ1n) is 13.5. The zero-order chi connectivity index (χ0) is 32.7. The zero-order valence-electron chi connectivity index (χ0n) is 25.2. The molecule has 3 aromatic heterocycles. The van der Waals surface area contributed by atoms with E-state index >= 15 is 4.39 Å². The number of nitrogens with one attached hydrogen (secondary N) is 1. The van der Waals surface area contributed by atoms with E-state index < -0.39 is 67.5 Å². The van der Waals surface area contributed by atoms with Gasteiger partial charge in [-0.2, -0.15) is 9.97 Å². The van der Waals surface area contributed by atoms with Crippen molar-refractivity contribution in [3.8, 4) is 0 Å². The first kappa shape index (κ1) is 32.7. The molecule has 0 aliphatic carbocycles. The van der Waals surface area contributed by atoms with E-state index in [9.17, 15) is 23.1 Å². The van der Waals surface area contributed by atoms with Crippen molar-refractivity contribution < 1.29 is 36.7 Å². The molecule has 0 spiro atoms. The highest BCUT2D eigenvalue weighted by Crippen LogP contribution is 2.37. The van der Waals surface area contributed by atoms with Gasteiger partial charge in [0.25, 0.3) is 10.0 Å². The van der Waals surface area contributed by atoms with Crippen LogP contribution in [0, 0.1) is 26.6 Å². The van der Waals surface area contributed by atoms with Gasteiger partial charge in [-0.15, -0.1) is 0 Å². The smallest absolute Gasteiger partial charge is 0.413 e. The van der Waals surface area contributed by atoms with Crippen LogP contribution >= 0.6 is 11.6 Å². The Morgan fingerprint density at radius 1 is 1.20 bits per heavy atom. The molecule has 1 atom stereocenters. The third-order valence-electron chi connectivity index (χ3n) is 6.50. The van der Waals surface area contributed by atoms with Gasteiger partial charge in [-0.1, -0.05) is 17.7 Å². The number of aryl methyl sites for hydroxylation is 3. The maximum Gasteiger partial charge on any atom is 0.413 e. The van der Waals surface area contributed by atoms with E-state index in [0.717, 1.165) is 5.56 Å². The minimum Gasteiger partial charge on any atom is -0.467 e. The van der Waals surface area contributed by atoms with E-state index in [2.05, 4.69) is 15.3 Å². The number of carbonyl (C=O) groups is 2. The minimum absolute atomic E-state index is 0.0871. The molecule has 2 amide bonds. The molecule has 0 saturated heterocycles. The molecule has 0 saturated carbocycles. The molecule has 0 bridgehead atoms. The lowest BCUT2D eigenvalue weighted by molar-refractivity contribution is 0.0508. The lowest BCUT2D eigenvalue weighted by Crippen LogP contribution is -2.39. The summed E-state index contributed by atoms with van der Waals surface area (Å²) >= 11 is 6.23. The number of aromatic nitrogens is 3. The molecule has 0 aliphatic heterocycles. The lowest BCUT2D eigenvalue weighted by atomic mass is 10.1. The summed E-state index contributed by atoms with van der Waals surface area (Å²) < 4.78 is 56.8. The summed E-state index contributed by atoms with van der Waals surface area (Å²) in [6.45, 7) is 11.2. The number of anilines is 1. The van der Waals surface area contributed by atoms with Crippen LogP contribution in [0.5, 0.6) is 0 Å². The highest BCUT2D eigenvalue weighted by Gasteiger charge is 2.35. The second kappa shape index (κ2) is 12.1. The van der Waals surface area contributed by atoms with Crippen LogP contribution in [-0.2, 0) is 27.7 Å². The summed E-state index contributed by atoms with van der Waals surface area (Å²) in [5.41, 5.74) is -0.0581. The van der Waals surface area contributed by atoms with Gasteiger partial charge in [-0.05, 0) is 83.3 Å². The third-order valence-corrected chi connectivity index (χ3v) is 8.70. The monoisotopic (exact) mass is 649 g/mol. The molecule has 15 heteroatoms. The number of furan rings is 1. The quantitative estimate of drug-likeness (QED) is 0.215. The molecule has 1 unspecified atom stereocenters. The van der Waals surface area contributed by atoms with Gasteiger partial charge in [0, 0.05) is 12.5 Å². The van der Waals surface area contributed by atoms with Crippen LogP contribution in [0.4, 0.5) is 19.8 Å². The summed E-state index contributed by atoms with van der Waals surface area (Å²) in [4.78, 5) is 33.6. The molecule has 3 heterocycles. The third kappa shape index (κ3) is 6.65. The zero-order valence-corrected chi connectivity index (χ0v) is 26.8. The summed E-state index contributed by atoms with van der Waals surface area (Å²) in [6.07, 6.45) is -1.34. The Balaban J connectivity index is 2.00. The number of halogens is 2. The van der Waals surface area contributed by atoms with Crippen LogP contribution < -0.4 is 10.2 Å². The van der Waals surface area contributed by atoms with Crippen molar-refractivity contribution in [3.63, 3.8) is 0 Å². The average molecular weight is 650 g/mol. The Kier molecular flexibility index (Phi) is 8.99. The number of carbonyl (C=O) groups excluding carboxylic acids is 1. The molecule has 12 nitrogen and oxygen atoms in total. The molecule has 236 valence electrons. The number of amides is 2. The summed E-state index contributed by atoms with van der Waals surface area (Å²) in [7, 11) is -4.59. The molecule has 0 aliphatic rings. The van der Waals surface area contributed by atoms with Gasteiger partial charge in [0.2, 0.25) is 5.28 Å². The fourth-order valence-corrected chi connectivity index (χ4v) is 7.13. The van der Waals surface area contributed by atoms with Crippen molar-refractivity contribution in [3.05, 3.63) is 69.8 Å². The number of fused-ring (bicyclic) bond motifs is 1. The molecule has 2 N–H and O–H groups in total. The van der Waals surface area contributed by atoms with Gasteiger partial charge in [0.15, 0.2) is 17.3 Å². The normalized spacial score (nSPS) is 12.8. The van der Waals surface area contributed by atoms with Crippen molar-refractivity contribution >= 4 is 50.7 Å². The van der Waals surface area contributed by atoms with Gasteiger partial charge >= 0.3 is 12.2 Å². The van der Waals surface area contributed by atoms with Crippen LogP contribution in [0.3, 0.4) is 0 Å². The number of hydrogen-bond acceptors (Lipinski definition) is 8. The van der Waals surface area contributed by atoms with E-state index in [1.165, 1.54) is 12.3 Å². The Labute approximate surface area is 258 Å². The van der Waals surface area contributed by atoms with E-state index in [-0.39, 0.29) is 23.6 Å². The SMILES string of the molecule is Cc1cc(C)c(S(=O)(=O)n2c(CC(C)NC(=O)OC(C)(C)C)c(F)c3c(N(Cc4ccco4)C(=O)O)nc(Cl)nc32)c(C)c1. The number of hydrogen-bond donors (Lipinski definition) is 2. The maximum atomic E-state index is 16.7. The molecular weight excluding hydrogens is 617 g/mol. The van der Waals surface area contributed by atoms with E-state index in [1.54, 1.807) is 59.7 Å². The Morgan fingerprint density at radius 2 is 1.84 bits per heavy atom. The molecule has 0 fully saturated rings. The lowest BCUT2D eigenvalue weighted by Gasteiger charge is -2.22. The molecule has 0 radical (unpaired) electrons. The number of benzene rings is 1. The van der Waals surface area contributed by atoms with Gasteiger partial charge in [-0.25, -0.2) is 26.4 Å². The van der Waals surface area contributed by atoms with Crippen molar-refractivity contribution in [2.24, 2.45) is 0 Å². The Morgan fingerprint density at radius 3 is 2.39 bits per heavy atom. The summed E-state index contributed by atoms with van der Waals surface area (Å²) in [5.74, 6) is -1.37. The predicted octanol–water partition coefficient (Wildman–Crippen LogP) is 6.12. The molecule has 1 aromatic carbocycles. The highest BCUT2D eigenvalue weighted by molar-refractivity contribution is 7.90. The van der Waals surface area contributed by atoms with Crippen LogP contribution in [0.25, 0.3) is 11.0 Å². The standard InChI is InChI=1S/C29H33ClFN5O7S/c1-15-11-16(2)23(17(3)12-15)44(40,41)36-20(13-18(4)32-27(37)43-29(5,6)7)22(31)21-24(33-26(30)34-25(21)36)35(28(38)39)14-19-9-8-10-42-19/h8-12,18H,13-14H2,1-7H3,(H,32,37)(H,38,39). The Hall–Kier alpha value is -4.17. The second-order valence-electron chi connectivity index (χ2n) is 11.5. The van der Waals surface area contributed by atoms with Gasteiger partial charge in [-0.3, -0.25) is 4.90 Å². The van der Waals surface area contributed by atoms with E-state index in [4.69, 9.17) is 20.8 Å². The van der Waals surface area contributed by atoms with E-state index in [0.29, 0.717) is 20.0 Å². The molecule has 4 rings (SSSR count). The van der Waals surface area contributed by atoms with Crippen molar-refractivity contribution in [1.29, 1.82) is 0 Å². The molecule has 44 heavy (non-hydrogen) atoms. The van der Waals surface area contributed by atoms with Crippen LogP contribution in [0.2, 0.25) is 5.28 Å². The van der Waals surface area contributed by atoms with Gasteiger partial charge in [0.05, 0.1) is 28.8 Å². The highest BCUT2D eigenvalue weighted by atomic mass is 35.5.